The van der Waals surface area contributed by atoms with Crippen molar-refractivity contribution in [3.05, 3.63) is 54.1 Å². The van der Waals surface area contributed by atoms with Crippen LogP contribution in [0.5, 0.6) is 0 Å². The smallest absolute Gasteiger partial charge is 0.234 e. The number of thioether (sulfide) groups is 1. The molecule has 2 heterocycles. The van der Waals surface area contributed by atoms with E-state index in [9.17, 15) is 18.0 Å². The van der Waals surface area contributed by atoms with Crippen molar-refractivity contribution in [2.24, 2.45) is 0 Å². The lowest BCUT2D eigenvalue weighted by Gasteiger charge is -2.09. The van der Waals surface area contributed by atoms with E-state index in [-0.39, 0.29) is 11.8 Å². The van der Waals surface area contributed by atoms with Crippen LogP contribution < -0.4 is 5.32 Å². The summed E-state index contributed by atoms with van der Waals surface area (Å²) in [4.78, 5) is 16.2. The van der Waals surface area contributed by atoms with Crippen molar-refractivity contribution in [3.63, 3.8) is 0 Å². The Kier molecular flexibility index (Phi) is 5.03. The van der Waals surface area contributed by atoms with E-state index in [1.54, 1.807) is 18.5 Å². The lowest BCUT2D eigenvalue weighted by atomic mass is 10.3. The fraction of sp³-hybridized carbons (Fsp3) is 0.222. The van der Waals surface area contributed by atoms with Crippen molar-refractivity contribution in [2.75, 3.05) is 11.1 Å². The maximum atomic E-state index is 13.7. The Bertz CT molecular complexity index is 1020. The molecule has 0 aliphatic heterocycles. The van der Waals surface area contributed by atoms with Crippen LogP contribution in [0.15, 0.2) is 41.8 Å². The molecule has 1 N–H and O–H groups in total. The first-order chi connectivity index (χ1) is 13.5. The normalized spacial score (nSPS) is 13.5. The lowest BCUT2D eigenvalue weighted by Crippen LogP contribution is -2.16. The quantitative estimate of drug-likeness (QED) is 0.499. The van der Waals surface area contributed by atoms with E-state index in [1.165, 1.54) is 0 Å². The average Bonchev–Trinajstić information content (AvgIpc) is 3.46. The number of aromatic nitrogens is 4. The monoisotopic (exact) mass is 405 g/mol. The molecule has 0 bridgehead atoms. The molecule has 0 radical (unpaired) electrons. The summed E-state index contributed by atoms with van der Waals surface area (Å²) in [6.45, 7) is 0. The van der Waals surface area contributed by atoms with Gasteiger partial charge in [0.1, 0.15) is 0 Å². The van der Waals surface area contributed by atoms with Gasteiger partial charge in [0.2, 0.25) is 5.91 Å². The number of nitrogens with one attached hydrogen (secondary N) is 1. The fourth-order valence-corrected chi connectivity index (χ4v) is 3.47. The van der Waals surface area contributed by atoms with Gasteiger partial charge in [-0.05, 0) is 37.1 Å². The van der Waals surface area contributed by atoms with Gasteiger partial charge in [0.05, 0.1) is 11.4 Å². The van der Waals surface area contributed by atoms with E-state index in [4.69, 9.17) is 0 Å². The van der Waals surface area contributed by atoms with Crippen LogP contribution in [0.1, 0.15) is 18.9 Å². The average molecular weight is 405 g/mol. The maximum Gasteiger partial charge on any atom is 0.234 e. The molecule has 0 saturated heterocycles. The van der Waals surface area contributed by atoms with E-state index >= 15 is 0 Å². The highest BCUT2D eigenvalue weighted by Gasteiger charge is 2.30. The molecule has 144 valence electrons. The van der Waals surface area contributed by atoms with Crippen molar-refractivity contribution in [1.82, 2.24) is 19.7 Å². The van der Waals surface area contributed by atoms with Crippen molar-refractivity contribution < 1.29 is 18.0 Å². The Labute approximate surface area is 162 Å². The fourth-order valence-electron chi connectivity index (χ4n) is 2.67. The second-order valence-electron chi connectivity index (χ2n) is 6.21. The Hall–Kier alpha value is -2.88. The number of rotatable bonds is 6. The molecule has 1 amide bonds. The summed E-state index contributed by atoms with van der Waals surface area (Å²) >= 11 is 1.14. The number of amides is 1. The number of nitrogens with zero attached hydrogens (tertiary/aromatic N) is 4. The number of anilines is 1. The molecule has 2 aromatic heterocycles. The first kappa shape index (κ1) is 18.5. The van der Waals surface area contributed by atoms with Gasteiger partial charge in [-0.2, -0.15) is 0 Å². The van der Waals surface area contributed by atoms with E-state index in [0.717, 1.165) is 42.3 Å². The van der Waals surface area contributed by atoms with E-state index < -0.39 is 29.0 Å². The van der Waals surface area contributed by atoms with Gasteiger partial charge in [0.15, 0.2) is 28.4 Å². The third-order valence-corrected chi connectivity index (χ3v) is 5.08. The van der Waals surface area contributed by atoms with E-state index in [1.807, 2.05) is 10.6 Å². The minimum absolute atomic E-state index is 0.0870. The van der Waals surface area contributed by atoms with Crippen LogP contribution in [0.2, 0.25) is 0 Å². The predicted octanol–water partition coefficient (Wildman–Crippen LogP) is 3.82. The highest BCUT2D eigenvalue weighted by atomic mass is 32.2. The zero-order chi connectivity index (χ0) is 19.7. The van der Waals surface area contributed by atoms with Gasteiger partial charge in [0, 0.05) is 24.0 Å². The third kappa shape index (κ3) is 3.72. The van der Waals surface area contributed by atoms with Gasteiger partial charge < -0.3 is 5.32 Å². The molecular weight excluding hydrogens is 391 g/mol. The minimum atomic E-state index is -1.62. The van der Waals surface area contributed by atoms with Crippen LogP contribution in [-0.2, 0) is 4.79 Å². The zero-order valence-corrected chi connectivity index (χ0v) is 15.2. The number of hydrogen-bond acceptors (Lipinski definition) is 5. The lowest BCUT2D eigenvalue weighted by molar-refractivity contribution is -0.113. The summed E-state index contributed by atoms with van der Waals surface area (Å²) in [5, 5.41) is 11.2. The standard InChI is InChI=1S/C18H14F3N5OS/c19-12-5-6-13(16(21)15(12)20)23-14(27)9-28-18-25-24-17(26(18)11-3-4-11)10-2-1-7-22-8-10/h1-2,5-8,11H,3-4,9H2,(H,23,27). The molecule has 4 rings (SSSR count). The molecular formula is C18H14F3N5OS. The highest BCUT2D eigenvalue weighted by Crippen LogP contribution is 2.40. The number of benzene rings is 1. The van der Waals surface area contributed by atoms with Crippen LogP contribution in [0, 0.1) is 17.5 Å². The van der Waals surface area contributed by atoms with Crippen LogP contribution >= 0.6 is 11.8 Å². The third-order valence-electron chi connectivity index (χ3n) is 4.14. The van der Waals surface area contributed by atoms with Crippen LogP contribution in [-0.4, -0.2) is 31.4 Å². The molecule has 10 heteroatoms. The van der Waals surface area contributed by atoms with E-state index in [2.05, 4.69) is 20.5 Å². The van der Waals surface area contributed by atoms with Crippen LogP contribution in [0.3, 0.4) is 0 Å². The Morgan fingerprint density at radius 2 is 2.00 bits per heavy atom. The second kappa shape index (κ2) is 7.63. The summed E-state index contributed by atoms with van der Waals surface area (Å²) in [7, 11) is 0. The number of carbonyl (C=O) groups excluding carboxylic acids is 1. The van der Waals surface area contributed by atoms with Crippen molar-refractivity contribution in [2.45, 2.75) is 24.0 Å². The van der Waals surface area contributed by atoms with Gasteiger partial charge in [-0.3, -0.25) is 14.3 Å². The number of hydrogen-bond donors (Lipinski definition) is 1. The molecule has 0 spiro atoms. The van der Waals surface area contributed by atoms with Gasteiger partial charge in [0.25, 0.3) is 0 Å². The number of pyridine rings is 1. The van der Waals surface area contributed by atoms with Gasteiger partial charge >= 0.3 is 0 Å². The molecule has 6 nitrogen and oxygen atoms in total. The van der Waals surface area contributed by atoms with E-state index in [0.29, 0.717) is 11.0 Å². The SMILES string of the molecule is O=C(CSc1nnc(-c2cccnc2)n1C1CC1)Nc1ccc(F)c(F)c1F. The Morgan fingerprint density at radius 3 is 2.71 bits per heavy atom. The maximum absolute atomic E-state index is 13.7. The van der Waals surface area contributed by atoms with Gasteiger partial charge in [-0.1, -0.05) is 11.8 Å². The number of carbonyl (C=O) groups is 1. The molecule has 28 heavy (non-hydrogen) atoms. The molecule has 0 unspecified atom stereocenters. The minimum Gasteiger partial charge on any atom is -0.323 e. The molecule has 1 aliphatic carbocycles. The van der Waals surface area contributed by atoms with Crippen LogP contribution in [0.25, 0.3) is 11.4 Å². The largest absolute Gasteiger partial charge is 0.323 e. The van der Waals surface area contributed by atoms with Crippen molar-refractivity contribution in [3.8, 4) is 11.4 Å². The molecule has 1 fully saturated rings. The first-order valence-electron chi connectivity index (χ1n) is 8.46. The predicted molar refractivity (Wildman–Crippen MR) is 97.2 cm³/mol. The van der Waals surface area contributed by atoms with Crippen molar-refractivity contribution >= 4 is 23.4 Å². The van der Waals surface area contributed by atoms with Crippen molar-refractivity contribution in [1.29, 1.82) is 0 Å². The molecule has 0 atom stereocenters. The Balaban J connectivity index is 1.47. The highest BCUT2D eigenvalue weighted by molar-refractivity contribution is 7.99. The van der Waals surface area contributed by atoms with Gasteiger partial charge in [-0.15, -0.1) is 10.2 Å². The summed E-state index contributed by atoms with van der Waals surface area (Å²) < 4.78 is 41.9. The Morgan fingerprint density at radius 1 is 1.18 bits per heavy atom. The number of halogens is 3. The molecule has 3 aromatic rings. The molecule has 1 aliphatic rings. The molecule has 1 saturated carbocycles. The topological polar surface area (TPSA) is 72.7 Å². The molecule has 1 aromatic carbocycles. The summed E-state index contributed by atoms with van der Waals surface area (Å²) in [5.41, 5.74) is 0.409. The summed E-state index contributed by atoms with van der Waals surface area (Å²) in [6, 6.07) is 5.68. The second-order valence-corrected chi connectivity index (χ2v) is 7.15. The van der Waals surface area contributed by atoms with Crippen LogP contribution in [0.4, 0.5) is 18.9 Å². The summed E-state index contributed by atoms with van der Waals surface area (Å²) in [5.74, 6) is -4.35. The van der Waals surface area contributed by atoms with Gasteiger partial charge in [-0.25, -0.2) is 13.2 Å². The first-order valence-corrected chi connectivity index (χ1v) is 9.44. The zero-order valence-electron chi connectivity index (χ0n) is 14.4. The summed E-state index contributed by atoms with van der Waals surface area (Å²) in [6.07, 6.45) is 5.34.